The summed E-state index contributed by atoms with van der Waals surface area (Å²) in [5.41, 5.74) is 0.951. The van der Waals surface area contributed by atoms with Crippen molar-refractivity contribution in [1.82, 2.24) is 25.1 Å². The Morgan fingerprint density at radius 3 is 2.63 bits per heavy atom. The monoisotopic (exact) mass is 431 g/mol. The van der Waals surface area contributed by atoms with E-state index in [4.69, 9.17) is 4.74 Å². The zero-order chi connectivity index (χ0) is 21.5. The summed E-state index contributed by atoms with van der Waals surface area (Å²) >= 11 is 1.33. The molecule has 10 heteroatoms. The fourth-order valence-corrected chi connectivity index (χ4v) is 3.60. The number of carbonyl (C=O) groups excluding carboxylic acids is 2. The average molecular weight is 431 g/mol. The van der Waals surface area contributed by atoms with Crippen LogP contribution in [0.5, 0.6) is 0 Å². The number of nitrogens with zero attached hydrogens (tertiary/aromatic N) is 4. The van der Waals surface area contributed by atoms with E-state index in [0.29, 0.717) is 48.1 Å². The van der Waals surface area contributed by atoms with E-state index in [1.54, 1.807) is 23.6 Å². The Hall–Kier alpha value is -3.01. The molecule has 8 nitrogen and oxygen atoms in total. The summed E-state index contributed by atoms with van der Waals surface area (Å²) in [6, 6.07) is 8.90. The van der Waals surface area contributed by atoms with E-state index in [-0.39, 0.29) is 17.1 Å². The van der Waals surface area contributed by atoms with E-state index in [2.05, 4.69) is 20.6 Å². The highest BCUT2D eigenvalue weighted by atomic mass is 32.2. The van der Waals surface area contributed by atoms with Crippen LogP contribution in [0.25, 0.3) is 5.65 Å². The van der Waals surface area contributed by atoms with Crippen molar-refractivity contribution in [3.05, 3.63) is 53.6 Å². The second kappa shape index (κ2) is 10.1. The number of rotatable bonds is 9. The predicted molar refractivity (Wildman–Crippen MR) is 110 cm³/mol. The van der Waals surface area contributed by atoms with Gasteiger partial charge in [0, 0.05) is 18.5 Å². The number of thioether (sulfide) groups is 1. The number of halogens is 1. The van der Waals surface area contributed by atoms with Gasteiger partial charge >= 0.3 is 5.97 Å². The molecule has 3 aromatic rings. The maximum absolute atomic E-state index is 13.0. The van der Waals surface area contributed by atoms with Gasteiger partial charge < -0.3 is 10.1 Å². The summed E-state index contributed by atoms with van der Waals surface area (Å²) in [7, 11) is 0. The third-order valence-electron chi connectivity index (χ3n) is 4.23. The van der Waals surface area contributed by atoms with Crippen LogP contribution in [0.3, 0.4) is 0 Å². The van der Waals surface area contributed by atoms with Gasteiger partial charge in [-0.15, -0.1) is 10.2 Å². The molecule has 0 bridgehead atoms. The van der Waals surface area contributed by atoms with Crippen LogP contribution in [0.2, 0.25) is 0 Å². The topological polar surface area (TPSA) is 98.5 Å². The van der Waals surface area contributed by atoms with Crippen molar-refractivity contribution in [3.63, 3.8) is 0 Å². The van der Waals surface area contributed by atoms with Crippen LogP contribution < -0.4 is 5.32 Å². The first-order valence-electron chi connectivity index (χ1n) is 9.60. The zero-order valence-electron chi connectivity index (χ0n) is 16.7. The molecule has 2 aromatic heterocycles. The van der Waals surface area contributed by atoms with Crippen LogP contribution in [-0.2, 0) is 16.0 Å². The number of carbonyl (C=O) groups is 2. The Kier molecular flexibility index (Phi) is 7.34. The minimum absolute atomic E-state index is 0.264. The van der Waals surface area contributed by atoms with E-state index in [0.717, 1.165) is 0 Å². The zero-order valence-corrected chi connectivity index (χ0v) is 17.5. The highest BCUT2D eigenvalue weighted by Gasteiger charge is 2.20. The summed E-state index contributed by atoms with van der Waals surface area (Å²) in [6.45, 7) is 4.34. The molecule has 0 saturated heterocycles. The van der Waals surface area contributed by atoms with Crippen LogP contribution in [0, 0.1) is 5.82 Å². The van der Waals surface area contributed by atoms with Gasteiger partial charge in [-0.05, 0) is 49.7 Å². The van der Waals surface area contributed by atoms with Gasteiger partial charge in [-0.2, -0.15) is 9.61 Å². The number of aromatic nitrogens is 4. The van der Waals surface area contributed by atoms with E-state index in [1.807, 2.05) is 6.92 Å². The second-order valence-electron chi connectivity index (χ2n) is 6.34. The molecule has 0 radical (unpaired) electrons. The molecular formula is C20H22FN5O3S. The van der Waals surface area contributed by atoms with Crippen molar-refractivity contribution in [2.75, 3.05) is 13.2 Å². The third-order valence-corrected chi connectivity index (χ3v) is 5.50. The Labute approximate surface area is 177 Å². The molecule has 0 aliphatic heterocycles. The fourth-order valence-electron chi connectivity index (χ4n) is 2.71. The maximum Gasteiger partial charge on any atom is 0.319 e. The molecule has 0 fully saturated rings. The lowest BCUT2D eigenvalue weighted by Crippen LogP contribution is -2.26. The number of amides is 1. The Morgan fingerprint density at radius 1 is 1.17 bits per heavy atom. The van der Waals surface area contributed by atoms with Gasteiger partial charge in [0.05, 0.1) is 6.61 Å². The highest BCUT2D eigenvalue weighted by Crippen LogP contribution is 2.25. The Bertz CT molecular complexity index is 1020. The standard InChI is InChI=1S/C20H22FN5O3S/c1-3-15(20(28)29-4-2)30-18-10-9-16-23-24-17(26(16)25-18)11-12-22-19(27)13-5-7-14(21)8-6-13/h5-10,15H,3-4,11-12H2,1-2H3,(H,22,27)/t15-/m0/s1. The lowest BCUT2D eigenvalue weighted by atomic mass is 10.2. The number of ether oxygens (including phenoxy) is 1. The van der Waals surface area contributed by atoms with Crippen LogP contribution >= 0.6 is 11.8 Å². The van der Waals surface area contributed by atoms with Crippen molar-refractivity contribution in [2.45, 2.75) is 37.0 Å². The third kappa shape index (κ3) is 5.32. The predicted octanol–water partition coefficient (Wildman–Crippen LogP) is 2.67. The van der Waals surface area contributed by atoms with Gasteiger partial charge in [0.25, 0.3) is 5.91 Å². The van der Waals surface area contributed by atoms with Crippen LogP contribution in [-0.4, -0.2) is 50.1 Å². The first-order chi connectivity index (χ1) is 14.5. The maximum atomic E-state index is 13.0. The molecule has 0 aliphatic carbocycles. The Balaban J connectivity index is 1.65. The fraction of sp³-hybridized carbons (Fsp3) is 0.350. The molecule has 0 aliphatic rings. The van der Waals surface area contributed by atoms with Gasteiger partial charge in [0.2, 0.25) is 0 Å². The van der Waals surface area contributed by atoms with E-state index in [9.17, 15) is 14.0 Å². The van der Waals surface area contributed by atoms with Gasteiger partial charge in [0.15, 0.2) is 11.5 Å². The number of nitrogens with one attached hydrogen (secondary N) is 1. The number of esters is 1. The molecule has 0 saturated carbocycles. The van der Waals surface area contributed by atoms with Gasteiger partial charge in [-0.3, -0.25) is 9.59 Å². The molecule has 3 rings (SSSR count). The average Bonchev–Trinajstić information content (AvgIpc) is 3.14. The molecule has 2 heterocycles. The lowest BCUT2D eigenvalue weighted by Gasteiger charge is -2.12. The molecule has 1 N–H and O–H groups in total. The molecule has 1 atom stereocenters. The van der Waals surface area contributed by atoms with Gasteiger partial charge in [-0.25, -0.2) is 4.39 Å². The highest BCUT2D eigenvalue weighted by molar-refractivity contribution is 8.00. The first kappa shape index (κ1) is 21.7. The molecule has 0 spiro atoms. The largest absolute Gasteiger partial charge is 0.465 e. The van der Waals surface area contributed by atoms with E-state index >= 15 is 0 Å². The van der Waals surface area contributed by atoms with Crippen LogP contribution in [0.4, 0.5) is 4.39 Å². The summed E-state index contributed by atoms with van der Waals surface area (Å²) in [5, 5.41) is 15.8. The number of hydrogen-bond acceptors (Lipinski definition) is 7. The number of fused-ring (bicyclic) bond motifs is 1. The second-order valence-corrected chi connectivity index (χ2v) is 7.56. The normalized spacial score (nSPS) is 12.0. The van der Waals surface area contributed by atoms with E-state index in [1.165, 1.54) is 36.0 Å². The lowest BCUT2D eigenvalue weighted by molar-refractivity contribution is -0.142. The summed E-state index contributed by atoms with van der Waals surface area (Å²) in [6.07, 6.45) is 1.03. The van der Waals surface area contributed by atoms with Crippen molar-refractivity contribution < 1.29 is 18.7 Å². The van der Waals surface area contributed by atoms with Gasteiger partial charge in [0.1, 0.15) is 16.1 Å². The molecule has 1 aromatic carbocycles. The quantitative estimate of drug-likeness (QED) is 0.411. The molecule has 0 unspecified atom stereocenters. The smallest absolute Gasteiger partial charge is 0.319 e. The minimum Gasteiger partial charge on any atom is -0.465 e. The summed E-state index contributed by atoms with van der Waals surface area (Å²) < 4.78 is 19.7. The molecule has 1 amide bonds. The minimum atomic E-state index is -0.394. The molecule has 30 heavy (non-hydrogen) atoms. The Morgan fingerprint density at radius 2 is 1.93 bits per heavy atom. The van der Waals surface area contributed by atoms with Crippen molar-refractivity contribution >= 4 is 29.3 Å². The van der Waals surface area contributed by atoms with Crippen molar-refractivity contribution in [1.29, 1.82) is 0 Å². The summed E-state index contributed by atoms with van der Waals surface area (Å²) in [5.74, 6) is -0.377. The molecule has 158 valence electrons. The number of benzene rings is 1. The van der Waals surface area contributed by atoms with E-state index < -0.39 is 5.82 Å². The number of hydrogen-bond donors (Lipinski definition) is 1. The summed E-state index contributed by atoms with van der Waals surface area (Å²) in [4.78, 5) is 24.2. The van der Waals surface area contributed by atoms with Crippen molar-refractivity contribution in [3.8, 4) is 0 Å². The first-order valence-corrected chi connectivity index (χ1v) is 10.5. The van der Waals surface area contributed by atoms with Crippen molar-refractivity contribution in [2.24, 2.45) is 0 Å². The molecular weight excluding hydrogens is 409 g/mol. The SMILES string of the molecule is CCOC(=O)[C@H](CC)Sc1ccc2nnc(CCNC(=O)c3ccc(F)cc3)n2n1. The van der Waals surface area contributed by atoms with Crippen LogP contribution in [0.15, 0.2) is 41.4 Å². The van der Waals surface area contributed by atoms with Crippen LogP contribution in [0.1, 0.15) is 36.5 Å². The van der Waals surface area contributed by atoms with Gasteiger partial charge in [-0.1, -0.05) is 18.7 Å².